The van der Waals surface area contributed by atoms with Crippen molar-refractivity contribution in [3.05, 3.63) is 60.2 Å². The van der Waals surface area contributed by atoms with Crippen molar-refractivity contribution in [1.29, 1.82) is 0 Å². The van der Waals surface area contributed by atoms with E-state index in [-0.39, 0.29) is 0 Å². The van der Waals surface area contributed by atoms with Gasteiger partial charge in [0.25, 0.3) is 0 Å². The van der Waals surface area contributed by atoms with Gasteiger partial charge in [0.1, 0.15) is 11.5 Å². The van der Waals surface area contributed by atoms with Crippen LogP contribution in [-0.2, 0) is 11.2 Å². The number of aliphatic carboxylic acids is 1. The fourth-order valence-corrected chi connectivity index (χ4v) is 2.31. The molecule has 0 heterocycles. The lowest BCUT2D eigenvalue weighted by atomic mass is 9.97. The fraction of sp³-hybridized carbons (Fsp3) is 0.235. The molecule has 1 N–H and O–H groups in total. The topological polar surface area (TPSA) is 46.5 Å². The lowest BCUT2D eigenvalue weighted by molar-refractivity contribution is -0.143. The summed E-state index contributed by atoms with van der Waals surface area (Å²) < 4.78 is 5.71. The SMILES string of the molecule is O=C(O)C1(Cc2ccc(Oc3ccccc3)cc2)CC1. The number of hydrogen-bond donors (Lipinski definition) is 1. The van der Waals surface area contributed by atoms with Gasteiger partial charge in [-0.3, -0.25) is 4.79 Å². The predicted molar refractivity (Wildman–Crippen MR) is 76.0 cm³/mol. The third-order valence-corrected chi connectivity index (χ3v) is 3.75. The van der Waals surface area contributed by atoms with E-state index >= 15 is 0 Å². The van der Waals surface area contributed by atoms with Crippen molar-refractivity contribution in [2.24, 2.45) is 5.41 Å². The Morgan fingerprint density at radius 2 is 1.60 bits per heavy atom. The van der Waals surface area contributed by atoms with Crippen LogP contribution in [0.3, 0.4) is 0 Å². The first kappa shape index (κ1) is 12.7. The molecular weight excluding hydrogens is 252 g/mol. The van der Waals surface area contributed by atoms with E-state index in [9.17, 15) is 9.90 Å². The van der Waals surface area contributed by atoms with E-state index in [1.807, 2.05) is 54.6 Å². The highest BCUT2D eigenvalue weighted by Crippen LogP contribution is 2.48. The van der Waals surface area contributed by atoms with Crippen LogP contribution >= 0.6 is 0 Å². The second kappa shape index (κ2) is 5.00. The minimum absolute atomic E-state index is 0.512. The lowest BCUT2D eigenvalue weighted by Gasteiger charge is -2.10. The van der Waals surface area contributed by atoms with Crippen LogP contribution in [0.4, 0.5) is 0 Å². The third kappa shape index (κ3) is 2.67. The minimum atomic E-state index is -0.679. The summed E-state index contributed by atoms with van der Waals surface area (Å²) in [6.45, 7) is 0. The van der Waals surface area contributed by atoms with Crippen molar-refractivity contribution >= 4 is 5.97 Å². The summed E-state index contributed by atoms with van der Waals surface area (Å²) in [5.74, 6) is 0.881. The number of para-hydroxylation sites is 1. The molecule has 102 valence electrons. The average Bonchev–Trinajstić information content (AvgIpc) is 3.23. The Morgan fingerprint density at radius 3 is 2.15 bits per heavy atom. The molecular formula is C17H16O3. The normalized spacial score (nSPS) is 15.6. The molecule has 0 saturated heterocycles. The Morgan fingerprint density at radius 1 is 1.00 bits per heavy atom. The molecule has 0 aliphatic heterocycles. The van der Waals surface area contributed by atoms with E-state index in [0.717, 1.165) is 29.9 Å². The maximum absolute atomic E-state index is 11.2. The molecule has 1 aliphatic carbocycles. The van der Waals surface area contributed by atoms with E-state index in [1.165, 1.54) is 0 Å². The second-order valence-corrected chi connectivity index (χ2v) is 5.32. The largest absolute Gasteiger partial charge is 0.481 e. The van der Waals surface area contributed by atoms with Crippen molar-refractivity contribution in [2.45, 2.75) is 19.3 Å². The van der Waals surface area contributed by atoms with E-state index in [0.29, 0.717) is 6.42 Å². The number of carboxylic acids is 1. The maximum atomic E-state index is 11.2. The van der Waals surface area contributed by atoms with Crippen LogP contribution in [0.25, 0.3) is 0 Å². The smallest absolute Gasteiger partial charge is 0.309 e. The number of ether oxygens (including phenoxy) is 1. The molecule has 0 atom stereocenters. The second-order valence-electron chi connectivity index (χ2n) is 5.32. The number of benzene rings is 2. The zero-order valence-corrected chi connectivity index (χ0v) is 11.1. The lowest BCUT2D eigenvalue weighted by Crippen LogP contribution is -2.17. The molecule has 20 heavy (non-hydrogen) atoms. The summed E-state index contributed by atoms with van der Waals surface area (Å²) in [5, 5.41) is 9.19. The third-order valence-electron chi connectivity index (χ3n) is 3.75. The van der Waals surface area contributed by atoms with Crippen LogP contribution in [0.2, 0.25) is 0 Å². The summed E-state index contributed by atoms with van der Waals surface area (Å²) in [4.78, 5) is 11.2. The molecule has 3 rings (SSSR count). The van der Waals surface area contributed by atoms with Gasteiger partial charge < -0.3 is 9.84 Å². The highest BCUT2D eigenvalue weighted by atomic mass is 16.5. The van der Waals surface area contributed by atoms with Crippen LogP contribution in [-0.4, -0.2) is 11.1 Å². The van der Waals surface area contributed by atoms with Gasteiger partial charge in [-0.2, -0.15) is 0 Å². The quantitative estimate of drug-likeness (QED) is 0.895. The van der Waals surface area contributed by atoms with Gasteiger partial charge in [-0.05, 0) is 49.1 Å². The summed E-state index contributed by atoms with van der Waals surface area (Å²) in [6.07, 6.45) is 2.17. The summed E-state index contributed by atoms with van der Waals surface area (Å²) in [7, 11) is 0. The Bertz CT molecular complexity index is 598. The summed E-state index contributed by atoms with van der Waals surface area (Å²) in [6, 6.07) is 17.3. The molecule has 3 nitrogen and oxygen atoms in total. The van der Waals surface area contributed by atoms with Crippen molar-refractivity contribution in [2.75, 3.05) is 0 Å². The van der Waals surface area contributed by atoms with E-state index in [2.05, 4.69) is 0 Å². The average molecular weight is 268 g/mol. The predicted octanol–water partition coefficient (Wildman–Crippen LogP) is 3.89. The van der Waals surface area contributed by atoms with Crippen molar-refractivity contribution in [3.8, 4) is 11.5 Å². The van der Waals surface area contributed by atoms with Gasteiger partial charge in [0.15, 0.2) is 0 Å². The first-order valence-electron chi connectivity index (χ1n) is 6.73. The highest BCUT2D eigenvalue weighted by molar-refractivity contribution is 5.78. The molecule has 1 fully saturated rings. The summed E-state index contributed by atoms with van der Waals surface area (Å²) in [5.41, 5.74) is 0.534. The standard InChI is InChI=1S/C17H16O3/c18-16(19)17(10-11-17)12-13-6-8-15(9-7-13)20-14-4-2-1-3-5-14/h1-9H,10-12H2,(H,18,19). The molecule has 0 unspecified atom stereocenters. The molecule has 0 aromatic heterocycles. The van der Waals surface area contributed by atoms with Gasteiger partial charge in [0, 0.05) is 0 Å². The van der Waals surface area contributed by atoms with Crippen LogP contribution in [0.1, 0.15) is 18.4 Å². The van der Waals surface area contributed by atoms with Crippen LogP contribution < -0.4 is 4.74 Å². The van der Waals surface area contributed by atoms with Gasteiger partial charge in [0.05, 0.1) is 5.41 Å². The highest BCUT2D eigenvalue weighted by Gasteiger charge is 2.49. The molecule has 2 aromatic rings. The first-order valence-corrected chi connectivity index (χ1v) is 6.73. The molecule has 3 heteroatoms. The number of hydrogen-bond acceptors (Lipinski definition) is 2. The van der Waals surface area contributed by atoms with E-state index in [4.69, 9.17) is 4.74 Å². The van der Waals surface area contributed by atoms with Crippen LogP contribution in [0.15, 0.2) is 54.6 Å². The summed E-state index contributed by atoms with van der Waals surface area (Å²) >= 11 is 0. The molecule has 2 aromatic carbocycles. The molecule has 1 aliphatic rings. The Labute approximate surface area is 117 Å². The number of carbonyl (C=O) groups is 1. The Hall–Kier alpha value is -2.29. The zero-order valence-electron chi connectivity index (χ0n) is 11.1. The van der Waals surface area contributed by atoms with Crippen LogP contribution in [0, 0.1) is 5.41 Å². The molecule has 0 amide bonds. The maximum Gasteiger partial charge on any atom is 0.309 e. The zero-order chi connectivity index (χ0) is 14.0. The van der Waals surface area contributed by atoms with Crippen LogP contribution in [0.5, 0.6) is 11.5 Å². The van der Waals surface area contributed by atoms with Crippen molar-refractivity contribution in [1.82, 2.24) is 0 Å². The fourth-order valence-electron chi connectivity index (χ4n) is 2.31. The van der Waals surface area contributed by atoms with Gasteiger partial charge >= 0.3 is 5.97 Å². The van der Waals surface area contributed by atoms with Gasteiger partial charge in [-0.15, -0.1) is 0 Å². The Kier molecular flexibility index (Phi) is 3.18. The molecule has 1 saturated carbocycles. The van der Waals surface area contributed by atoms with Gasteiger partial charge in [0.2, 0.25) is 0 Å². The van der Waals surface area contributed by atoms with Crippen molar-refractivity contribution < 1.29 is 14.6 Å². The van der Waals surface area contributed by atoms with Crippen molar-refractivity contribution in [3.63, 3.8) is 0 Å². The van der Waals surface area contributed by atoms with E-state index in [1.54, 1.807) is 0 Å². The molecule has 0 bridgehead atoms. The Balaban J connectivity index is 1.67. The molecule has 0 spiro atoms. The van der Waals surface area contributed by atoms with Gasteiger partial charge in [-0.25, -0.2) is 0 Å². The number of carboxylic acid groups (broad SMARTS) is 1. The number of rotatable bonds is 5. The first-order chi connectivity index (χ1) is 9.68. The molecule has 0 radical (unpaired) electrons. The van der Waals surface area contributed by atoms with E-state index < -0.39 is 11.4 Å². The minimum Gasteiger partial charge on any atom is -0.481 e. The monoisotopic (exact) mass is 268 g/mol. The van der Waals surface area contributed by atoms with Gasteiger partial charge in [-0.1, -0.05) is 30.3 Å².